The number of benzene rings is 16. The van der Waals surface area contributed by atoms with Crippen LogP contribution >= 0.6 is 0 Å². The Morgan fingerprint density at radius 3 is 0.841 bits per heavy atom. The van der Waals surface area contributed by atoms with E-state index < -0.39 is 5.41 Å². The third-order valence-electron chi connectivity index (χ3n) is 31.3. The van der Waals surface area contributed by atoms with Crippen LogP contribution in [0.1, 0.15) is 232 Å². The SMILES string of the molecule is Cc1ccc2c(c1)CCC2(c1ccc(O)cc1)c1ccc(O)cc1.Oc1ccc(C2(c3ccc(O)cc3)CCC3CCCCC32)cc1.Oc1ccc(C2(c3ccc(O)cc3)CCCC2)cc1.Oc1ccc(C2(c3ccc(O)cc3)CCCCC2)cc1.Oc1ccc(C2(c3ccc(O)cc3)CCCc3ccccc32)cc1.Oc1ccc(C2(c3ccc(O)cc3)c3ccccc3Cc3ccccc32)cc1. The summed E-state index contributed by atoms with van der Waals surface area (Å²) in [6, 6.07) is 124. The van der Waals surface area contributed by atoms with E-state index in [1.54, 1.807) is 121 Å². The molecule has 2 unspecified atom stereocenters. The average molecular weight is 1830 g/mol. The number of aryl methyl sites for hydroxylation is 3. The largest absolute Gasteiger partial charge is 0.508 e. The average Bonchev–Trinajstić information content (AvgIpc) is 0.767. The van der Waals surface area contributed by atoms with Crippen molar-refractivity contribution in [2.45, 2.75) is 174 Å². The van der Waals surface area contributed by atoms with Gasteiger partial charge in [-0.2, -0.15) is 0 Å². The normalized spacial score (nSPS) is 17.5. The lowest BCUT2D eigenvalue weighted by Gasteiger charge is -2.42. The molecule has 138 heavy (non-hydrogen) atoms. The van der Waals surface area contributed by atoms with Gasteiger partial charge in [0.2, 0.25) is 0 Å². The van der Waals surface area contributed by atoms with Crippen LogP contribution < -0.4 is 0 Å². The maximum absolute atomic E-state index is 9.90. The number of hydrogen-bond donors (Lipinski definition) is 12. The highest BCUT2D eigenvalue weighted by Crippen LogP contribution is 2.60. The maximum Gasteiger partial charge on any atom is 0.115 e. The van der Waals surface area contributed by atoms with Gasteiger partial charge in [0.05, 0.1) is 5.41 Å². The molecule has 4 fully saturated rings. The molecule has 12 heteroatoms. The zero-order chi connectivity index (χ0) is 95.6. The van der Waals surface area contributed by atoms with Crippen molar-refractivity contribution in [3.63, 3.8) is 0 Å². The van der Waals surface area contributed by atoms with Crippen molar-refractivity contribution < 1.29 is 61.3 Å². The van der Waals surface area contributed by atoms with Crippen LogP contribution in [0.2, 0.25) is 0 Å². The molecule has 7 aliphatic carbocycles. The molecule has 16 aromatic rings. The topological polar surface area (TPSA) is 243 Å². The minimum atomic E-state index is -0.507. The highest BCUT2D eigenvalue weighted by atomic mass is 16.3. The summed E-state index contributed by atoms with van der Waals surface area (Å²) in [7, 11) is 0. The van der Waals surface area contributed by atoms with E-state index in [-0.39, 0.29) is 61.6 Å². The van der Waals surface area contributed by atoms with Crippen LogP contribution in [0.4, 0.5) is 0 Å². The molecule has 0 aliphatic heterocycles. The first-order chi connectivity index (χ1) is 67.1. The molecule has 698 valence electrons. The zero-order valence-corrected chi connectivity index (χ0v) is 78.2. The molecule has 0 radical (unpaired) electrons. The van der Waals surface area contributed by atoms with Crippen molar-refractivity contribution in [1.82, 2.24) is 0 Å². The lowest BCUT2D eigenvalue weighted by molar-refractivity contribution is 0.221. The Bertz CT molecular complexity index is 6440. The second-order valence-electron chi connectivity index (χ2n) is 38.9. The van der Waals surface area contributed by atoms with E-state index in [0.717, 1.165) is 87.7 Å². The van der Waals surface area contributed by atoms with Gasteiger partial charge in [0, 0.05) is 27.1 Å². The van der Waals surface area contributed by atoms with E-state index in [4.69, 9.17) is 0 Å². The number of rotatable bonds is 12. The fourth-order valence-corrected chi connectivity index (χ4v) is 24.7. The lowest BCUT2D eigenvalue weighted by atomic mass is 9.60. The molecule has 0 aromatic heterocycles. The Labute approximate surface area is 810 Å². The van der Waals surface area contributed by atoms with Crippen molar-refractivity contribution in [1.29, 1.82) is 0 Å². The van der Waals surface area contributed by atoms with Gasteiger partial charge in [-0.15, -0.1) is 0 Å². The molecule has 23 rings (SSSR count). The third kappa shape index (κ3) is 18.6. The maximum atomic E-state index is 9.90. The second kappa shape index (κ2) is 40.6. The van der Waals surface area contributed by atoms with Gasteiger partial charge in [-0.1, -0.05) is 294 Å². The van der Waals surface area contributed by atoms with Crippen molar-refractivity contribution in [2.75, 3.05) is 0 Å². The summed E-state index contributed by atoms with van der Waals surface area (Å²) in [5, 5.41) is 116. The molecule has 4 saturated carbocycles. The van der Waals surface area contributed by atoms with Crippen LogP contribution in [0, 0.1) is 18.8 Å². The Kier molecular flexibility index (Phi) is 27.5. The number of fused-ring (bicyclic) bond motifs is 5. The van der Waals surface area contributed by atoms with Gasteiger partial charge in [0.25, 0.3) is 0 Å². The summed E-state index contributed by atoms with van der Waals surface area (Å²) in [6.07, 6.45) is 24.6. The van der Waals surface area contributed by atoms with Crippen molar-refractivity contribution >= 4 is 0 Å². The van der Waals surface area contributed by atoms with Crippen molar-refractivity contribution in [3.05, 3.63) is 499 Å². The predicted octanol–water partition coefficient (Wildman–Crippen LogP) is 28.1. The Balaban J connectivity index is 0.000000110. The number of aromatic hydroxyl groups is 12. The second-order valence-corrected chi connectivity index (χ2v) is 38.9. The molecular formula is C126H122O12. The standard InChI is InChI=1S/C26H20O2.2C22H20O2.C21H24O2.C18H20O2.C17H18O2/c27-22-13-9-20(10-14-22)26(21-11-15-23(28)16-12-21)24-7-3-1-5-18(24)17-19-6-2-4-8-25(19)26;1-15-2-11-21-16(14-15)12-13-22(21,17-3-7-19(23)8-4-17)18-5-9-20(24)10-6-18;23-19-11-7-17(8-12-19)22(18-9-13-20(24)14-10-18)15-3-5-16-4-1-2-6-21(16)22;22-18-9-5-16(6-10-18)21(17-7-11-19(23)12-8-17)14-13-15-3-1-2-4-20(15)21;19-16-8-4-14(5-9-16)18(12-2-1-3-13-18)15-6-10-17(20)11-7-15;18-15-7-3-13(4-8-15)17(11-1-2-12-17)14-5-9-16(19)10-6-14/h1-16,27-28H,17H2;2-11,14,23-24H,12-13H2,1H3;1-2,4,6-14,23-24H,3,5,15H2;5-12,15,20,22-23H,1-4,13-14H2;4-11,19-20H,1-3,12-13H2;3-10,18-19H,1-2,11-12H2. The van der Waals surface area contributed by atoms with Crippen molar-refractivity contribution in [3.8, 4) is 69.0 Å². The van der Waals surface area contributed by atoms with Gasteiger partial charge < -0.3 is 61.3 Å². The summed E-state index contributed by atoms with van der Waals surface area (Å²) < 4.78 is 0. The van der Waals surface area contributed by atoms with Crippen LogP contribution in [0.15, 0.2) is 382 Å². The molecule has 12 nitrogen and oxygen atoms in total. The van der Waals surface area contributed by atoms with Gasteiger partial charge in [0.15, 0.2) is 0 Å². The van der Waals surface area contributed by atoms with E-state index in [0.29, 0.717) is 40.4 Å². The quantitative estimate of drug-likeness (QED) is 0.0547. The van der Waals surface area contributed by atoms with E-state index in [2.05, 4.69) is 122 Å². The molecule has 0 bridgehead atoms. The van der Waals surface area contributed by atoms with E-state index in [9.17, 15) is 61.3 Å². The predicted molar refractivity (Wildman–Crippen MR) is 549 cm³/mol. The molecule has 0 amide bonds. The monoisotopic (exact) mass is 1830 g/mol. The Morgan fingerprint density at radius 2 is 0.486 bits per heavy atom. The first kappa shape index (κ1) is 93.5. The molecule has 2 atom stereocenters. The molecule has 0 spiro atoms. The summed E-state index contributed by atoms with van der Waals surface area (Å²) in [4.78, 5) is 0. The highest BCUT2D eigenvalue weighted by molar-refractivity contribution is 5.68. The van der Waals surface area contributed by atoms with E-state index in [1.807, 2.05) is 146 Å². The molecule has 0 saturated heterocycles. The summed E-state index contributed by atoms with van der Waals surface area (Å²) in [5.41, 5.74) is 25.5. The fraction of sp³-hybridized carbons (Fsp3) is 0.238. The van der Waals surface area contributed by atoms with Crippen LogP contribution in [0.25, 0.3) is 0 Å². The summed E-state index contributed by atoms with van der Waals surface area (Å²) in [5.74, 6) is 5.00. The van der Waals surface area contributed by atoms with Gasteiger partial charge in [0.1, 0.15) is 69.0 Å². The molecule has 7 aliphatic rings. The summed E-state index contributed by atoms with van der Waals surface area (Å²) >= 11 is 0. The Morgan fingerprint density at radius 1 is 0.203 bits per heavy atom. The van der Waals surface area contributed by atoms with Gasteiger partial charge in [-0.3, -0.25) is 0 Å². The minimum Gasteiger partial charge on any atom is -0.508 e. The van der Waals surface area contributed by atoms with Crippen LogP contribution in [-0.4, -0.2) is 61.3 Å². The third-order valence-corrected chi connectivity index (χ3v) is 31.3. The molecule has 16 aromatic carbocycles. The number of phenols is 12. The highest BCUT2D eigenvalue weighted by Gasteiger charge is 2.52. The van der Waals surface area contributed by atoms with Crippen molar-refractivity contribution in [2.24, 2.45) is 11.8 Å². The van der Waals surface area contributed by atoms with Gasteiger partial charge in [-0.25, -0.2) is 0 Å². The van der Waals surface area contributed by atoms with E-state index in [1.165, 1.54) is 170 Å². The lowest BCUT2D eigenvalue weighted by Crippen LogP contribution is -2.36. The van der Waals surface area contributed by atoms with E-state index >= 15 is 0 Å². The fourth-order valence-electron chi connectivity index (χ4n) is 24.7. The zero-order valence-electron chi connectivity index (χ0n) is 78.2. The molecular weight excluding hydrogens is 1710 g/mol. The summed E-state index contributed by atoms with van der Waals surface area (Å²) in [6.45, 7) is 2.13. The first-order valence-electron chi connectivity index (χ1n) is 49.0. The van der Waals surface area contributed by atoms with Crippen LogP contribution in [0.3, 0.4) is 0 Å². The van der Waals surface area contributed by atoms with Crippen LogP contribution in [0.5, 0.6) is 69.0 Å². The van der Waals surface area contributed by atoms with Gasteiger partial charge in [-0.05, 0) is 359 Å². The smallest absolute Gasteiger partial charge is 0.115 e. The van der Waals surface area contributed by atoms with Crippen LogP contribution in [-0.2, 0) is 51.8 Å². The number of hydrogen-bond acceptors (Lipinski definition) is 12. The number of phenolic OH excluding ortho intramolecular Hbond substituents is 12. The molecule has 12 N–H and O–H groups in total. The first-order valence-corrected chi connectivity index (χ1v) is 49.0. The van der Waals surface area contributed by atoms with Gasteiger partial charge >= 0.3 is 0 Å². The molecule has 0 heterocycles. The Hall–Kier alpha value is -14.9. The minimum absolute atomic E-state index is 0.0274.